The molecule has 0 aliphatic rings. The van der Waals surface area contributed by atoms with Gasteiger partial charge in [-0.05, 0) is 24.6 Å². The van der Waals surface area contributed by atoms with Gasteiger partial charge in [-0.15, -0.1) is 0 Å². The highest BCUT2D eigenvalue weighted by molar-refractivity contribution is 5.42. The Labute approximate surface area is 97.1 Å². The fourth-order valence-electron chi connectivity index (χ4n) is 1.35. The average Bonchev–Trinajstić information content (AvgIpc) is 2.28. The third kappa shape index (κ3) is 3.72. The van der Waals surface area contributed by atoms with Crippen molar-refractivity contribution >= 4 is 0 Å². The van der Waals surface area contributed by atoms with E-state index in [2.05, 4.69) is 5.43 Å². The van der Waals surface area contributed by atoms with Crippen LogP contribution in [0.1, 0.15) is 12.5 Å². The monoisotopic (exact) mass is 224 g/mol. The first-order valence-electron chi connectivity index (χ1n) is 5.38. The van der Waals surface area contributed by atoms with E-state index in [4.69, 9.17) is 9.47 Å². The molecular formula is C12H20N2O2. The van der Waals surface area contributed by atoms with E-state index in [1.807, 2.05) is 44.2 Å². The summed E-state index contributed by atoms with van der Waals surface area (Å²) < 4.78 is 10.7. The van der Waals surface area contributed by atoms with Crippen LogP contribution in [-0.4, -0.2) is 32.8 Å². The van der Waals surface area contributed by atoms with Crippen LogP contribution in [0.5, 0.6) is 11.5 Å². The highest BCUT2D eigenvalue weighted by Gasteiger charge is 2.04. The second-order valence-electron chi connectivity index (χ2n) is 3.65. The van der Waals surface area contributed by atoms with Gasteiger partial charge < -0.3 is 9.47 Å². The van der Waals surface area contributed by atoms with Crippen molar-refractivity contribution in [3.8, 4) is 11.5 Å². The zero-order valence-electron chi connectivity index (χ0n) is 10.4. The minimum absolute atomic E-state index is 0.644. The molecule has 0 saturated carbocycles. The van der Waals surface area contributed by atoms with E-state index >= 15 is 0 Å². The predicted octanol–water partition coefficient (Wildman–Crippen LogP) is 1.66. The van der Waals surface area contributed by atoms with Crippen molar-refractivity contribution in [1.82, 2.24) is 10.4 Å². The van der Waals surface area contributed by atoms with Crippen LogP contribution in [0.3, 0.4) is 0 Å². The molecule has 16 heavy (non-hydrogen) atoms. The lowest BCUT2D eigenvalue weighted by molar-refractivity contribution is 0.284. The van der Waals surface area contributed by atoms with Gasteiger partial charge in [-0.3, -0.25) is 10.4 Å². The topological polar surface area (TPSA) is 33.7 Å². The first-order valence-corrected chi connectivity index (χ1v) is 5.38. The third-order valence-electron chi connectivity index (χ3n) is 2.13. The number of nitrogens with zero attached hydrogens (tertiary/aromatic N) is 1. The second kappa shape index (κ2) is 6.35. The molecule has 0 amide bonds. The van der Waals surface area contributed by atoms with E-state index in [0.717, 1.165) is 23.6 Å². The number of hydrazine groups is 1. The minimum atomic E-state index is 0.644. The lowest BCUT2D eigenvalue weighted by atomic mass is 10.2. The standard InChI is InChI=1S/C12H20N2O2/c1-5-16-11-7-6-10(8-12(11)15-4)9-13-14(2)3/h6-8,13H,5,9H2,1-4H3. The normalized spacial score (nSPS) is 10.6. The van der Waals surface area contributed by atoms with E-state index in [0.29, 0.717) is 6.61 Å². The van der Waals surface area contributed by atoms with Gasteiger partial charge in [0.2, 0.25) is 0 Å². The molecule has 90 valence electrons. The second-order valence-corrected chi connectivity index (χ2v) is 3.65. The van der Waals surface area contributed by atoms with Crippen molar-refractivity contribution in [3.05, 3.63) is 23.8 Å². The summed E-state index contributed by atoms with van der Waals surface area (Å²) in [7, 11) is 5.58. The van der Waals surface area contributed by atoms with E-state index in [1.165, 1.54) is 0 Å². The third-order valence-corrected chi connectivity index (χ3v) is 2.13. The number of methoxy groups -OCH3 is 1. The number of ether oxygens (including phenoxy) is 2. The van der Waals surface area contributed by atoms with E-state index in [-0.39, 0.29) is 0 Å². The van der Waals surface area contributed by atoms with Crippen LogP contribution in [0.4, 0.5) is 0 Å². The first-order chi connectivity index (χ1) is 7.67. The molecule has 4 heteroatoms. The Morgan fingerprint density at radius 2 is 2.00 bits per heavy atom. The Morgan fingerprint density at radius 3 is 2.56 bits per heavy atom. The number of hydrogen-bond donors (Lipinski definition) is 1. The van der Waals surface area contributed by atoms with Gasteiger partial charge in [0.1, 0.15) is 0 Å². The predicted molar refractivity (Wildman–Crippen MR) is 64.7 cm³/mol. The molecule has 1 rings (SSSR count). The van der Waals surface area contributed by atoms with Gasteiger partial charge in [0, 0.05) is 20.6 Å². The smallest absolute Gasteiger partial charge is 0.161 e. The highest BCUT2D eigenvalue weighted by Crippen LogP contribution is 2.27. The number of hydrogen-bond acceptors (Lipinski definition) is 4. The summed E-state index contributed by atoms with van der Waals surface area (Å²) in [6.07, 6.45) is 0. The van der Waals surface area contributed by atoms with Crippen molar-refractivity contribution < 1.29 is 9.47 Å². The van der Waals surface area contributed by atoms with Crippen molar-refractivity contribution in [2.24, 2.45) is 0 Å². The van der Waals surface area contributed by atoms with Crippen LogP contribution in [-0.2, 0) is 6.54 Å². The molecule has 0 aliphatic heterocycles. The number of benzene rings is 1. The van der Waals surface area contributed by atoms with Crippen LogP contribution in [0.15, 0.2) is 18.2 Å². The van der Waals surface area contributed by atoms with Crippen molar-refractivity contribution in [1.29, 1.82) is 0 Å². The van der Waals surface area contributed by atoms with E-state index in [1.54, 1.807) is 7.11 Å². The van der Waals surface area contributed by atoms with Crippen LogP contribution in [0.2, 0.25) is 0 Å². The molecule has 0 saturated heterocycles. The van der Waals surface area contributed by atoms with Gasteiger partial charge >= 0.3 is 0 Å². The Balaban J connectivity index is 2.74. The molecule has 1 aromatic rings. The lowest BCUT2D eigenvalue weighted by Gasteiger charge is -2.14. The molecule has 1 N–H and O–H groups in total. The number of nitrogens with one attached hydrogen (secondary N) is 1. The largest absolute Gasteiger partial charge is 0.493 e. The van der Waals surface area contributed by atoms with Crippen molar-refractivity contribution in [2.45, 2.75) is 13.5 Å². The van der Waals surface area contributed by atoms with Gasteiger partial charge in [-0.25, -0.2) is 0 Å². The van der Waals surface area contributed by atoms with E-state index < -0.39 is 0 Å². The molecule has 0 fully saturated rings. The van der Waals surface area contributed by atoms with Gasteiger partial charge in [0.15, 0.2) is 11.5 Å². The summed E-state index contributed by atoms with van der Waals surface area (Å²) >= 11 is 0. The van der Waals surface area contributed by atoms with Gasteiger partial charge in [0.05, 0.1) is 13.7 Å². The summed E-state index contributed by atoms with van der Waals surface area (Å²) in [5.41, 5.74) is 4.36. The minimum Gasteiger partial charge on any atom is -0.493 e. The molecule has 0 heterocycles. The molecule has 0 unspecified atom stereocenters. The molecule has 0 radical (unpaired) electrons. The maximum Gasteiger partial charge on any atom is 0.161 e. The molecule has 0 aromatic heterocycles. The fourth-order valence-corrected chi connectivity index (χ4v) is 1.35. The summed E-state index contributed by atoms with van der Waals surface area (Å²) in [5, 5.41) is 1.92. The van der Waals surface area contributed by atoms with Gasteiger partial charge in [0.25, 0.3) is 0 Å². The van der Waals surface area contributed by atoms with Crippen LogP contribution < -0.4 is 14.9 Å². The first kappa shape index (κ1) is 12.8. The summed E-state index contributed by atoms with van der Waals surface area (Å²) in [6, 6.07) is 5.96. The molecule has 0 bridgehead atoms. The van der Waals surface area contributed by atoms with Crippen molar-refractivity contribution in [3.63, 3.8) is 0 Å². The van der Waals surface area contributed by atoms with Crippen molar-refractivity contribution in [2.75, 3.05) is 27.8 Å². The van der Waals surface area contributed by atoms with Crippen LogP contribution >= 0.6 is 0 Å². The zero-order valence-corrected chi connectivity index (χ0v) is 10.4. The van der Waals surface area contributed by atoms with Crippen LogP contribution in [0, 0.1) is 0 Å². The summed E-state index contributed by atoms with van der Waals surface area (Å²) in [5.74, 6) is 1.57. The Morgan fingerprint density at radius 1 is 1.25 bits per heavy atom. The molecule has 0 aliphatic carbocycles. The highest BCUT2D eigenvalue weighted by atomic mass is 16.5. The fraction of sp³-hybridized carbons (Fsp3) is 0.500. The molecule has 0 spiro atoms. The summed E-state index contributed by atoms with van der Waals surface area (Å²) in [4.78, 5) is 0. The van der Waals surface area contributed by atoms with Gasteiger partial charge in [-0.1, -0.05) is 6.07 Å². The van der Waals surface area contributed by atoms with Crippen LogP contribution in [0.25, 0.3) is 0 Å². The maximum atomic E-state index is 5.45. The molecule has 0 atom stereocenters. The molecule has 1 aromatic carbocycles. The number of rotatable bonds is 6. The molecule has 4 nitrogen and oxygen atoms in total. The average molecular weight is 224 g/mol. The Bertz CT molecular complexity index is 327. The van der Waals surface area contributed by atoms with E-state index in [9.17, 15) is 0 Å². The molecular weight excluding hydrogens is 204 g/mol. The van der Waals surface area contributed by atoms with Gasteiger partial charge in [-0.2, -0.15) is 0 Å². The maximum absolute atomic E-state index is 5.45. The quantitative estimate of drug-likeness (QED) is 0.745. The SMILES string of the molecule is CCOc1ccc(CNN(C)C)cc1OC. The lowest BCUT2D eigenvalue weighted by Crippen LogP contribution is -2.29. The summed E-state index contributed by atoms with van der Waals surface area (Å²) in [6.45, 7) is 3.38. The zero-order chi connectivity index (χ0) is 12.0. The Hall–Kier alpha value is -1.26. The Kier molecular flexibility index (Phi) is 5.08.